The Balaban J connectivity index is 1.93. The van der Waals surface area contributed by atoms with Gasteiger partial charge in [-0.1, -0.05) is 6.07 Å². The quantitative estimate of drug-likeness (QED) is 0.637. The molecule has 0 amide bonds. The first-order chi connectivity index (χ1) is 12.5. The first kappa shape index (κ1) is 19.9. The zero-order valence-electron chi connectivity index (χ0n) is 15.0. The van der Waals surface area contributed by atoms with Crippen LogP contribution in [0.5, 0.6) is 23.0 Å². The molecule has 142 valence electrons. The van der Waals surface area contributed by atoms with E-state index >= 15 is 0 Å². The molecule has 0 aliphatic heterocycles. The summed E-state index contributed by atoms with van der Waals surface area (Å²) in [6, 6.07) is 11.6. The van der Waals surface area contributed by atoms with Gasteiger partial charge in [0.2, 0.25) is 10.0 Å². The molecule has 0 saturated carbocycles. The minimum Gasteiger partial charge on any atom is -0.494 e. The third-order valence-electron chi connectivity index (χ3n) is 3.44. The Hall–Kier alpha value is -2.45. The Kier molecular flexibility index (Phi) is 7.11. The molecule has 0 heterocycles. The van der Waals surface area contributed by atoms with E-state index in [1.54, 1.807) is 18.2 Å². The summed E-state index contributed by atoms with van der Waals surface area (Å²) in [5, 5.41) is 0. The van der Waals surface area contributed by atoms with E-state index in [2.05, 4.69) is 4.72 Å². The number of methoxy groups -OCH3 is 2. The van der Waals surface area contributed by atoms with Gasteiger partial charge in [0.05, 0.1) is 25.7 Å². The molecule has 0 fully saturated rings. The van der Waals surface area contributed by atoms with Crippen molar-refractivity contribution in [2.45, 2.75) is 11.8 Å². The summed E-state index contributed by atoms with van der Waals surface area (Å²) in [5.41, 5.74) is 0. The van der Waals surface area contributed by atoms with Crippen molar-refractivity contribution in [1.82, 2.24) is 4.72 Å². The normalized spacial score (nSPS) is 11.0. The fraction of sp³-hybridized carbons (Fsp3) is 0.333. The second-order valence-corrected chi connectivity index (χ2v) is 6.94. The average molecular weight is 381 g/mol. The van der Waals surface area contributed by atoms with Gasteiger partial charge in [-0.15, -0.1) is 0 Å². The van der Waals surface area contributed by atoms with Crippen LogP contribution < -0.4 is 23.7 Å². The van der Waals surface area contributed by atoms with Crippen LogP contribution in [0.2, 0.25) is 0 Å². The first-order valence-corrected chi connectivity index (χ1v) is 9.56. The highest BCUT2D eigenvalue weighted by Gasteiger charge is 2.16. The lowest BCUT2D eigenvalue weighted by atomic mass is 10.3. The molecule has 2 rings (SSSR count). The predicted molar refractivity (Wildman–Crippen MR) is 97.8 cm³/mol. The van der Waals surface area contributed by atoms with Gasteiger partial charge in [0.15, 0.2) is 11.5 Å². The summed E-state index contributed by atoms with van der Waals surface area (Å²) < 4.78 is 48.4. The van der Waals surface area contributed by atoms with Gasteiger partial charge in [0, 0.05) is 18.7 Å². The minimum atomic E-state index is -3.68. The second kappa shape index (κ2) is 9.30. The summed E-state index contributed by atoms with van der Waals surface area (Å²) in [7, 11) is -0.741. The van der Waals surface area contributed by atoms with E-state index in [1.807, 2.05) is 19.1 Å². The van der Waals surface area contributed by atoms with E-state index in [0.29, 0.717) is 29.6 Å². The molecule has 0 aliphatic carbocycles. The fourth-order valence-corrected chi connectivity index (χ4v) is 3.26. The van der Waals surface area contributed by atoms with Gasteiger partial charge in [-0.25, -0.2) is 13.1 Å². The average Bonchev–Trinajstić information content (AvgIpc) is 2.65. The highest BCUT2D eigenvalue weighted by atomic mass is 32.2. The van der Waals surface area contributed by atoms with Crippen LogP contribution in [0.3, 0.4) is 0 Å². The lowest BCUT2D eigenvalue weighted by molar-refractivity contribution is 0.313. The van der Waals surface area contributed by atoms with Crippen LogP contribution in [0.1, 0.15) is 6.92 Å². The van der Waals surface area contributed by atoms with Gasteiger partial charge in [0.25, 0.3) is 0 Å². The standard InChI is InChI=1S/C18H23NO6S/c1-4-24-14-6-5-7-15(12-14)25-11-10-19-26(20,21)16-8-9-17(22-2)18(13-16)23-3/h5-9,12-13,19H,4,10-11H2,1-3H3. The van der Waals surface area contributed by atoms with E-state index in [4.69, 9.17) is 18.9 Å². The van der Waals surface area contributed by atoms with Gasteiger partial charge in [-0.3, -0.25) is 0 Å². The summed E-state index contributed by atoms with van der Waals surface area (Å²) in [6.07, 6.45) is 0. The van der Waals surface area contributed by atoms with Crippen LogP contribution in [0.25, 0.3) is 0 Å². The van der Waals surface area contributed by atoms with Crippen LogP contribution in [0.4, 0.5) is 0 Å². The maximum absolute atomic E-state index is 12.4. The Morgan fingerprint density at radius 3 is 2.27 bits per heavy atom. The van der Waals surface area contributed by atoms with Crippen molar-refractivity contribution < 1.29 is 27.4 Å². The van der Waals surface area contributed by atoms with E-state index in [-0.39, 0.29) is 18.0 Å². The Labute approximate surface area is 153 Å². The van der Waals surface area contributed by atoms with Gasteiger partial charge < -0.3 is 18.9 Å². The highest BCUT2D eigenvalue weighted by molar-refractivity contribution is 7.89. The molecule has 0 bridgehead atoms. The van der Waals surface area contributed by atoms with Crippen LogP contribution in [0.15, 0.2) is 47.4 Å². The number of nitrogens with one attached hydrogen (secondary N) is 1. The molecule has 0 aromatic heterocycles. The topological polar surface area (TPSA) is 83.1 Å². The van der Waals surface area contributed by atoms with Crippen LogP contribution in [-0.2, 0) is 10.0 Å². The van der Waals surface area contributed by atoms with Crippen molar-refractivity contribution in [2.24, 2.45) is 0 Å². The third-order valence-corrected chi connectivity index (χ3v) is 4.90. The predicted octanol–water partition coefficient (Wildman–Crippen LogP) is 2.46. The molecule has 0 radical (unpaired) electrons. The van der Waals surface area contributed by atoms with E-state index in [1.165, 1.54) is 26.4 Å². The number of hydrogen-bond donors (Lipinski definition) is 1. The summed E-state index contributed by atoms with van der Waals surface area (Å²) in [4.78, 5) is 0.0912. The number of hydrogen-bond acceptors (Lipinski definition) is 6. The Bertz CT molecular complexity index is 822. The minimum absolute atomic E-state index is 0.0912. The molecule has 0 atom stereocenters. The van der Waals surface area contributed by atoms with Gasteiger partial charge in [-0.2, -0.15) is 0 Å². The smallest absolute Gasteiger partial charge is 0.240 e. The maximum Gasteiger partial charge on any atom is 0.240 e. The number of sulfonamides is 1. The molecular formula is C18H23NO6S. The summed E-state index contributed by atoms with van der Waals surface area (Å²) in [5.74, 6) is 2.13. The second-order valence-electron chi connectivity index (χ2n) is 5.17. The van der Waals surface area contributed by atoms with Crippen LogP contribution in [-0.4, -0.2) is 42.4 Å². The van der Waals surface area contributed by atoms with E-state index in [9.17, 15) is 8.42 Å². The van der Waals surface area contributed by atoms with Crippen LogP contribution in [0, 0.1) is 0 Å². The molecule has 7 nitrogen and oxygen atoms in total. The molecule has 2 aromatic rings. The summed E-state index contributed by atoms with van der Waals surface area (Å²) in [6.45, 7) is 2.77. The molecule has 0 unspecified atom stereocenters. The molecule has 0 aliphatic rings. The maximum atomic E-state index is 12.4. The van der Waals surface area contributed by atoms with Crippen LogP contribution >= 0.6 is 0 Å². The van der Waals surface area contributed by atoms with E-state index < -0.39 is 10.0 Å². The first-order valence-electron chi connectivity index (χ1n) is 8.07. The van der Waals surface area contributed by atoms with Crippen molar-refractivity contribution in [2.75, 3.05) is 34.0 Å². The largest absolute Gasteiger partial charge is 0.494 e. The zero-order valence-corrected chi connectivity index (χ0v) is 15.8. The number of rotatable bonds is 10. The molecule has 0 saturated heterocycles. The van der Waals surface area contributed by atoms with Gasteiger partial charge in [-0.05, 0) is 31.2 Å². The molecule has 8 heteroatoms. The lowest BCUT2D eigenvalue weighted by Crippen LogP contribution is -2.28. The lowest BCUT2D eigenvalue weighted by Gasteiger charge is -2.12. The van der Waals surface area contributed by atoms with Crippen molar-refractivity contribution in [1.29, 1.82) is 0 Å². The molecular weight excluding hydrogens is 358 g/mol. The number of ether oxygens (including phenoxy) is 4. The van der Waals surface area contributed by atoms with Gasteiger partial charge in [0.1, 0.15) is 18.1 Å². The summed E-state index contributed by atoms with van der Waals surface area (Å²) >= 11 is 0. The van der Waals surface area contributed by atoms with Crippen molar-refractivity contribution in [3.8, 4) is 23.0 Å². The molecule has 1 N–H and O–H groups in total. The van der Waals surface area contributed by atoms with Crippen molar-refractivity contribution in [3.63, 3.8) is 0 Å². The van der Waals surface area contributed by atoms with Crippen molar-refractivity contribution in [3.05, 3.63) is 42.5 Å². The number of benzene rings is 2. The van der Waals surface area contributed by atoms with Gasteiger partial charge >= 0.3 is 0 Å². The third kappa shape index (κ3) is 5.27. The molecule has 2 aromatic carbocycles. The molecule has 0 spiro atoms. The Morgan fingerprint density at radius 2 is 1.62 bits per heavy atom. The Morgan fingerprint density at radius 1 is 0.923 bits per heavy atom. The highest BCUT2D eigenvalue weighted by Crippen LogP contribution is 2.29. The fourth-order valence-electron chi connectivity index (χ4n) is 2.23. The zero-order chi connectivity index (χ0) is 19.0. The van der Waals surface area contributed by atoms with E-state index in [0.717, 1.165) is 0 Å². The monoisotopic (exact) mass is 381 g/mol. The molecule has 26 heavy (non-hydrogen) atoms. The SMILES string of the molecule is CCOc1cccc(OCCNS(=O)(=O)c2ccc(OC)c(OC)c2)c1. The van der Waals surface area contributed by atoms with Crippen molar-refractivity contribution >= 4 is 10.0 Å².